The van der Waals surface area contributed by atoms with Crippen LogP contribution in [0.25, 0.3) is 0 Å². The standard InChI is InChI=1S/C4H10N2O/c1-3-4(2)5-6-7/h6-7H,3H2,1-2H3. The Hall–Kier alpha value is -0.570. The van der Waals surface area contributed by atoms with Crippen LogP contribution in [0.4, 0.5) is 0 Å². The predicted molar refractivity (Wildman–Crippen MR) is 28.3 cm³/mol. The molecule has 0 aromatic heterocycles. The van der Waals surface area contributed by atoms with Gasteiger partial charge in [0.15, 0.2) is 0 Å². The van der Waals surface area contributed by atoms with Gasteiger partial charge in [0.1, 0.15) is 0 Å². The zero-order valence-corrected chi connectivity index (χ0v) is 4.60. The van der Waals surface area contributed by atoms with Gasteiger partial charge in [-0.2, -0.15) is 10.7 Å². The van der Waals surface area contributed by atoms with E-state index in [4.69, 9.17) is 5.21 Å². The number of nitrogens with one attached hydrogen (secondary N) is 1. The Balaban J connectivity index is 3.29. The van der Waals surface area contributed by atoms with Crippen molar-refractivity contribution in [1.82, 2.24) is 5.59 Å². The minimum atomic E-state index is 0.869. The molecule has 42 valence electrons. The fourth-order valence-electron chi connectivity index (χ4n) is 0.164. The average Bonchev–Trinajstić information content (AvgIpc) is 1.68. The highest BCUT2D eigenvalue weighted by Crippen LogP contribution is 1.78. The third-order valence-corrected chi connectivity index (χ3v) is 0.753. The zero-order chi connectivity index (χ0) is 5.70. The third-order valence-electron chi connectivity index (χ3n) is 0.753. The molecule has 0 rings (SSSR count). The van der Waals surface area contributed by atoms with Crippen molar-refractivity contribution in [2.24, 2.45) is 5.10 Å². The molecule has 0 amide bonds. The summed E-state index contributed by atoms with van der Waals surface area (Å²) in [4.78, 5) is 0. The van der Waals surface area contributed by atoms with Gasteiger partial charge >= 0.3 is 0 Å². The lowest BCUT2D eigenvalue weighted by Gasteiger charge is -1.89. The van der Waals surface area contributed by atoms with Crippen molar-refractivity contribution >= 4 is 5.71 Å². The Kier molecular flexibility index (Phi) is 3.32. The van der Waals surface area contributed by atoms with Crippen molar-refractivity contribution in [3.63, 3.8) is 0 Å². The summed E-state index contributed by atoms with van der Waals surface area (Å²) in [6.45, 7) is 3.80. The third kappa shape index (κ3) is 3.26. The molecule has 0 radical (unpaired) electrons. The van der Waals surface area contributed by atoms with Crippen LogP contribution in [-0.4, -0.2) is 10.9 Å². The maximum Gasteiger partial charge on any atom is 0.0369 e. The van der Waals surface area contributed by atoms with Gasteiger partial charge in [0.2, 0.25) is 0 Å². The van der Waals surface area contributed by atoms with Crippen molar-refractivity contribution in [2.45, 2.75) is 20.3 Å². The van der Waals surface area contributed by atoms with Crippen LogP contribution in [-0.2, 0) is 0 Å². The van der Waals surface area contributed by atoms with Crippen molar-refractivity contribution in [1.29, 1.82) is 0 Å². The van der Waals surface area contributed by atoms with Crippen LogP contribution in [0.5, 0.6) is 0 Å². The van der Waals surface area contributed by atoms with E-state index >= 15 is 0 Å². The molecule has 0 aromatic carbocycles. The molecule has 0 aliphatic heterocycles. The van der Waals surface area contributed by atoms with Gasteiger partial charge in [-0.25, -0.2) is 0 Å². The van der Waals surface area contributed by atoms with Crippen LogP contribution in [0, 0.1) is 0 Å². The molecule has 2 N–H and O–H groups in total. The van der Waals surface area contributed by atoms with Gasteiger partial charge < -0.3 is 0 Å². The second-order valence-electron chi connectivity index (χ2n) is 1.30. The molecule has 0 aromatic rings. The van der Waals surface area contributed by atoms with Crippen LogP contribution in [0.15, 0.2) is 5.10 Å². The molecule has 0 saturated carbocycles. The van der Waals surface area contributed by atoms with Crippen molar-refractivity contribution < 1.29 is 5.21 Å². The van der Waals surface area contributed by atoms with E-state index in [1.807, 2.05) is 13.8 Å². The Labute approximate surface area is 43.0 Å². The Morgan fingerprint density at radius 2 is 2.43 bits per heavy atom. The summed E-state index contributed by atoms with van der Waals surface area (Å²) in [6, 6.07) is 0. The lowest BCUT2D eigenvalue weighted by atomic mass is 10.3. The average molecular weight is 102 g/mol. The Morgan fingerprint density at radius 1 is 1.86 bits per heavy atom. The summed E-state index contributed by atoms with van der Waals surface area (Å²) < 4.78 is 0. The SMILES string of the molecule is CCC(C)=NNO. The maximum atomic E-state index is 7.93. The molecule has 0 saturated heterocycles. The normalized spacial score (nSPS) is 11.6. The van der Waals surface area contributed by atoms with Gasteiger partial charge in [0.25, 0.3) is 0 Å². The summed E-state index contributed by atoms with van der Waals surface area (Å²) in [6.07, 6.45) is 0.869. The summed E-state index contributed by atoms with van der Waals surface area (Å²) >= 11 is 0. The lowest BCUT2D eigenvalue weighted by molar-refractivity contribution is 0.171. The van der Waals surface area contributed by atoms with E-state index in [0.717, 1.165) is 12.1 Å². The van der Waals surface area contributed by atoms with Crippen molar-refractivity contribution in [3.05, 3.63) is 0 Å². The summed E-state index contributed by atoms with van der Waals surface area (Å²) in [5, 5.41) is 11.4. The minimum Gasteiger partial charge on any atom is -0.274 e. The van der Waals surface area contributed by atoms with E-state index < -0.39 is 0 Å². The topological polar surface area (TPSA) is 44.6 Å². The first kappa shape index (κ1) is 6.43. The number of hydrazone groups is 1. The predicted octanol–water partition coefficient (Wildman–Crippen LogP) is 0.751. The Bertz CT molecular complexity index is 70.1. The van der Waals surface area contributed by atoms with Crippen LogP contribution < -0.4 is 5.59 Å². The molecular formula is C4H10N2O. The van der Waals surface area contributed by atoms with E-state index in [2.05, 4.69) is 5.10 Å². The molecule has 0 heterocycles. The van der Waals surface area contributed by atoms with Gasteiger partial charge in [-0.05, 0) is 13.3 Å². The highest BCUT2D eigenvalue weighted by molar-refractivity contribution is 5.81. The van der Waals surface area contributed by atoms with Gasteiger partial charge in [-0.15, -0.1) is 0 Å². The molecule has 0 bridgehead atoms. The molecule has 0 spiro atoms. The first-order valence-corrected chi connectivity index (χ1v) is 2.23. The summed E-state index contributed by atoms with van der Waals surface area (Å²) in [7, 11) is 0. The fourth-order valence-corrected chi connectivity index (χ4v) is 0.164. The summed E-state index contributed by atoms with van der Waals surface area (Å²) in [5.74, 6) is 0. The van der Waals surface area contributed by atoms with Crippen molar-refractivity contribution in [2.75, 3.05) is 0 Å². The lowest BCUT2D eigenvalue weighted by Crippen LogP contribution is -2.00. The minimum absolute atomic E-state index is 0.869. The maximum absolute atomic E-state index is 7.93. The van der Waals surface area contributed by atoms with E-state index in [1.165, 1.54) is 0 Å². The second-order valence-corrected chi connectivity index (χ2v) is 1.30. The van der Waals surface area contributed by atoms with Gasteiger partial charge in [0.05, 0.1) is 0 Å². The van der Waals surface area contributed by atoms with E-state index in [1.54, 1.807) is 5.59 Å². The highest BCUT2D eigenvalue weighted by atomic mass is 16.5. The highest BCUT2D eigenvalue weighted by Gasteiger charge is 1.78. The quantitative estimate of drug-likeness (QED) is 0.399. The Morgan fingerprint density at radius 3 is 2.57 bits per heavy atom. The number of nitrogens with zero attached hydrogens (tertiary/aromatic N) is 1. The summed E-state index contributed by atoms with van der Waals surface area (Å²) in [5.41, 5.74) is 2.60. The molecule has 0 aliphatic carbocycles. The molecular weight excluding hydrogens is 92.1 g/mol. The fraction of sp³-hybridized carbons (Fsp3) is 0.750. The number of hydrogen-bond donors (Lipinski definition) is 2. The van der Waals surface area contributed by atoms with Gasteiger partial charge in [0, 0.05) is 5.71 Å². The molecule has 0 unspecified atom stereocenters. The monoisotopic (exact) mass is 102 g/mol. The molecule has 0 fully saturated rings. The zero-order valence-electron chi connectivity index (χ0n) is 4.60. The molecule has 7 heavy (non-hydrogen) atoms. The molecule has 3 nitrogen and oxygen atoms in total. The second kappa shape index (κ2) is 3.61. The van der Waals surface area contributed by atoms with Gasteiger partial charge in [-0.1, -0.05) is 6.92 Å². The largest absolute Gasteiger partial charge is 0.274 e. The van der Waals surface area contributed by atoms with Crippen LogP contribution >= 0.6 is 0 Å². The van der Waals surface area contributed by atoms with Crippen LogP contribution in [0.1, 0.15) is 20.3 Å². The van der Waals surface area contributed by atoms with Crippen LogP contribution in [0.3, 0.4) is 0 Å². The van der Waals surface area contributed by atoms with Crippen molar-refractivity contribution in [3.8, 4) is 0 Å². The number of rotatable bonds is 2. The number of hydrogen-bond acceptors (Lipinski definition) is 3. The first-order valence-electron chi connectivity index (χ1n) is 2.23. The molecule has 0 aliphatic rings. The van der Waals surface area contributed by atoms with E-state index in [9.17, 15) is 0 Å². The van der Waals surface area contributed by atoms with E-state index in [-0.39, 0.29) is 0 Å². The molecule has 3 heteroatoms. The molecule has 0 atom stereocenters. The van der Waals surface area contributed by atoms with E-state index in [0.29, 0.717) is 0 Å². The van der Waals surface area contributed by atoms with Gasteiger partial charge in [-0.3, -0.25) is 5.21 Å². The van der Waals surface area contributed by atoms with Crippen LogP contribution in [0.2, 0.25) is 0 Å². The smallest absolute Gasteiger partial charge is 0.0369 e. The first-order chi connectivity index (χ1) is 3.31.